The summed E-state index contributed by atoms with van der Waals surface area (Å²) in [5.41, 5.74) is 1.77. The van der Waals surface area contributed by atoms with Gasteiger partial charge in [0, 0.05) is 29.1 Å². The summed E-state index contributed by atoms with van der Waals surface area (Å²) < 4.78 is 34.7. The summed E-state index contributed by atoms with van der Waals surface area (Å²) in [7, 11) is -2.79. The molecule has 5 rings (SSSR count). The molecule has 0 aliphatic heterocycles. The number of hydrogen-bond donors (Lipinski definition) is 1. The molecule has 1 unspecified atom stereocenters. The third kappa shape index (κ3) is 8.86. The number of halogens is 2. The molecule has 0 spiro atoms. The second-order valence-electron chi connectivity index (χ2n) is 11.5. The van der Waals surface area contributed by atoms with Gasteiger partial charge in [0.15, 0.2) is 0 Å². The van der Waals surface area contributed by atoms with Crippen LogP contribution in [0.3, 0.4) is 0 Å². The van der Waals surface area contributed by atoms with Crippen LogP contribution < -0.4 is 14.4 Å². The number of nitrogens with one attached hydrogen (secondary N) is 1. The van der Waals surface area contributed by atoms with E-state index in [1.807, 2.05) is 36.4 Å². The van der Waals surface area contributed by atoms with Crippen molar-refractivity contribution in [1.29, 1.82) is 0 Å². The highest BCUT2D eigenvalue weighted by Crippen LogP contribution is 2.28. The van der Waals surface area contributed by atoms with Gasteiger partial charge in [0.05, 0.1) is 17.7 Å². The molecule has 0 heterocycles. The minimum atomic E-state index is -4.28. The van der Waals surface area contributed by atoms with E-state index in [0.717, 1.165) is 35.6 Å². The lowest BCUT2D eigenvalue weighted by Gasteiger charge is -2.34. The molecule has 1 saturated carbocycles. The summed E-state index contributed by atoms with van der Waals surface area (Å²) in [6, 6.07) is 27.9. The van der Waals surface area contributed by atoms with Crippen LogP contribution in [0.2, 0.25) is 10.0 Å². The number of carbonyl (C=O) groups excluding carboxylic acids is 2. The van der Waals surface area contributed by atoms with E-state index in [9.17, 15) is 18.0 Å². The highest BCUT2D eigenvalue weighted by Gasteiger charge is 2.35. The summed E-state index contributed by atoms with van der Waals surface area (Å²) in [5.74, 6) is -0.368. The molecule has 2 amide bonds. The average Bonchev–Trinajstić information content (AvgIpc) is 3.58. The van der Waals surface area contributed by atoms with E-state index in [2.05, 4.69) is 5.32 Å². The highest BCUT2D eigenvalue weighted by molar-refractivity contribution is 7.92. The van der Waals surface area contributed by atoms with Crippen LogP contribution in [-0.2, 0) is 32.6 Å². The van der Waals surface area contributed by atoms with Crippen LogP contribution in [0.5, 0.6) is 5.75 Å². The van der Waals surface area contributed by atoms with Crippen LogP contribution in [-0.4, -0.2) is 50.9 Å². The van der Waals surface area contributed by atoms with Crippen LogP contribution >= 0.6 is 23.2 Å². The Labute approximate surface area is 286 Å². The van der Waals surface area contributed by atoms with E-state index < -0.39 is 28.5 Å². The van der Waals surface area contributed by atoms with Crippen LogP contribution in [0.1, 0.15) is 36.8 Å². The Balaban J connectivity index is 1.56. The Morgan fingerprint density at radius 3 is 2.13 bits per heavy atom. The third-order valence-corrected chi connectivity index (χ3v) is 10.5. The van der Waals surface area contributed by atoms with Gasteiger partial charge in [-0.15, -0.1) is 0 Å². The molecule has 0 radical (unpaired) electrons. The first-order valence-electron chi connectivity index (χ1n) is 15.4. The molecule has 0 bridgehead atoms. The van der Waals surface area contributed by atoms with E-state index in [1.165, 1.54) is 30.2 Å². The third-order valence-electron chi connectivity index (χ3n) is 8.24. The Morgan fingerprint density at radius 1 is 0.851 bits per heavy atom. The minimum Gasteiger partial charge on any atom is -0.497 e. The first-order chi connectivity index (χ1) is 22.6. The highest BCUT2D eigenvalue weighted by atomic mass is 35.5. The van der Waals surface area contributed by atoms with Crippen molar-refractivity contribution in [3.05, 3.63) is 124 Å². The van der Waals surface area contributed by atoms with Crippen molar-refractivity contribution in [2.45, 2.75) is 55.6 Å². The fourth-order valence-electron chi connectivity index (χ4n) is 5.79. The molecule has 8 nitrogen and oxygen atoms in total. The van der Waals surface area contributed by atoms with Crippen molar-refractivity contribution in [1.82, 2.24) is 10.2 Å². The Hall–Kier alpha value is -4.05. The normalized spacial score (nSPS) is 13.9. The first-order valence-corrected chi connectivity index (χ1v) is 17.6. The minimum absolute atomic E-state index is 0.0160. The molecule has 1 fully saturated rings. The van der Waals surface area contributed by atoms with Gasteiger partial charge in [-0.25, -0.2) is 8.42 Å². The molecule has 4 aromatic rings. The number of sulfonamides is 1. The molecule has 246 valence electrons. The molecule has 1 aliphatic carbocycles. The number of ether oxygens (including phenoxy) is 1. The number of methoxy groups -OCH3 is 1. The van der Waals surface area contributed by atoms with Crippen molar-refractivity contribution >= 4 is 50.7 Å². The number of carbonyl (C=O) groups is 2. The summed E-state index contributed by atoms with van der Waals surface area (Å²) in [6.45, 7) is -0.557. The number of anilines is 1. The van der Waals surface area contributed by atoms with Gasteiger partial charge >= 0.3 is 0 Å². The zero-order chi connectivity index (χ0) is 33.4. The van der Waals surface area contributed by atoms with Gasteiger partial charge in [0.1, 0.15) is 18.3 Å². The molecule has 0 aromatic heterocycles. The zero-order valence-electron chi connectivity index (χ0n) is 26.0. The molecule has 11 heteroatoms. The largest absolute Gasteiger partial charge is 0.497 e. The van der Waals surface area contributed by atoms with E-state index in [1.54, 1.807) is 48.5 Å². The molecule has 4 aromatic carbocycles. The number of benzene rings is 4. The van der Waals surface area contributed by atoms with Gasteiger partial charge in [0.2, 0.25) is 11.8 Å². The van der Waals surface area contributed by atoms with Crippen molar-refractivity contribution in [2.24, 2.45) is 0 Å². The van der Waals surface area contributed by atoms with E-state index in [0.29, 0.717) is 21.4 Å². The number of amides is 2. The van der Waals surface area contributed by atoms with Crippen molar-refractivity contribution in [2.75, 3.05) is 18.0 Å². The van der Waals surface area contributed by atoms with Gasteiger partial charge in [-0.2, -0.15) is 0 Å². The first kappa shape index (κ1) is 34.3. The smallest absolute Gasteiger partial charge is 0.264 e. The molecular weight excluding hydrogens is 657 g/mol. The zero-order valence-corrected chi connectivity index (χ0v) is 28.3. The van der Waals surface area contributed by atoms with Crippen LogP contribution in [0.15, 0.2) is 108 Å². The standard InChI is InChI=1S/C36H37Cl2N3O5S/c1-46-32-17-19-33(20-18-32)47(44,45)41(31-16-8-13-29(38)23-31)25-35(42)40(24-27-11-7-12-28(37)21-27)34(22-26-9-3-2-4-10-26)36(43)39-30-14-5-6-15-30/h2-4,7-13,16-21,23,30,34H,5-6,14-15,22,24-25H2,1H3,(H,39,43). The van der Waals surface area contributed by atoms with Crippen molar-refractivity contribution < 1.29 is 22.7 Å². The van der Waals surface area contributed by atoms with Crippen LogP contribution in [0.4, 0.5) is 5.69 Å². The average molecular weight is 695 g/mol. The number of hydrogen-bond acceptors (Lipinski definition) is 5. The topological polar surface area (TPSA) is 96.0 Å². The van der Waals surface area contributed by atoms with Gasteiger partial charge < -0.3 is 15.0 Å². The molecule has 1 aliphatic rings. The van der Waals surface area contributed by atoms with Crippen molar-refractivity contribution in [3.8, 4) is 5.75 Å². The second kappa shape index (κ2) is 15.7. The van der Waals surface area contributed by atoms with Crippen LogP contribution in [0.25, 0.3) is 0 Å². The summed E-state index contributed by atoms with van der Waals surface area (Å²) >= 11 is 12.6. The quantitative estimate of drug-likeness (QED) is 0.164. The molecule has 1 N–H and O–H groups in total. The van der Waals surface area contributed by atoms with Crippen LogP contribution in [0, 0.1) is 0 Å². The Morgan fingerprint density at radius 2 is 1.49 bits per heavy atom. The second-order valence-corrected chi connectivity index (χ2v) is 14.2. The predicted octanol–water partition coefficient (Wildman–Crippen LogP) is 6.90. The predicted molar refractivity (Wildman–Crippen MR) is 185 cm³/mol. The van der Waals surface area contributed by atoms with Gasteiger partial charge in [-0.05, 0) is 78.6 Å². The van der Waals surface area contributed by atoms with E-state index in [-0.39, 0.29) is 35.5 Å². The monoisotopic (exact) mass is 693 g/mol. The number of rotatable bonds is 13. The van der Waals surface area contributed by atoms with Crippen molar-refractivity contribution in [3.63, 3.8) is 0 Å². The molecule has 0 saturated heterocycles. The van der Waals surface area contributed by atoms with E-state index >= 15 is 0 Å². The molecule has 47 heavy (non-hydrogen) atoms. The maximum atomic E-state index is 14.6. The maximum Gasteiger partial charge on any atom is 0.264 e. The molecule has 1 atom stereocenters. The number of nitrogens with zero attached hydrogens (tertiary/aromatic N) is 2. The fourth-order valence-corrected chi connectivity index (χ4v) is 7.59. The summed E-state index contributed by atoms with van der Waals surface area (Å²) in [4.78, 5) is 30.1. The van der Waals surface area contributed by atoms with Gasteiger partial charge in [0.25, 0.3) is 10.0 Å². The summed E-state index contributed by atoms with van der Waals surface area (Å²) in [5, 5.41) is 3.95. The lowest BCUT2D eigenvalue weighted by atomic mass is 10.0. The van der Waals surface area contributed by atoms with Gasteiger partial charge in [-0.3, -0.25) is 13.9 Å². The maximum absolute atomic E-state index is 14.6. The fraction of sp³-hybridized carbons (Fsp3) is 0.278. The van der Waals surface area contributed by atoms with Gasteiger partial charge in [-0.1, -0.05) is 84.6 Å². The summed E-state index contributed by atoms with van der Waals surface area (Å²) in [6.07, 6.45) is 4.02. The Kier molecular flexibility index (Phi) is 11.4. The molecular formula is C36H37Cl2N3O5S. The Bertz CT molecular complexity index is 1780. The van der Waals surface area contributed by atoms with E-state index in [4.69, 9.17) is 27.9 Å². The lowest BCUT2D eigenvalue weighted by Crippen LogP contribution is -2.54. The SMILES string of the molecule is COc1ccc(S(=O)(=O)N(CC(=O)N(Cc2cccc(Cl)c2)C(Cc2ccccc2)C(=O)NC2CCCC2)c2cccc(Cl)c2)cc1. The lowest BCUT2D eigenvalue weighted by molar-refractivity contribution is -0.140.